The van der Waals surface area contributed by atoms with Crippen molar-refractivity contribution in [2.45, 2.75) is 19.8 Å². The summed E-state index contributed by atoms with van der Waals surface area (Å²) in [4.78, 5) is 0. The van der Waals surface area contributed by atoms with Gasteiger partial charge in [-0.1, -0.05) is 72.0 Å². The van der Waals surface area contributed by atoms with E-state index in [0.717, 1.165) is 29.4 Å². The van der Waals surface area contributed by atoms with Gasteiger partial charge in [0.1, 0.15) is 11.6 Å². The van der Waals surface area contributed by atoms with Crippen molar-refractivity contribution in [3.05, 3.63) is 118 Å². The van der Waals surface area contributed by atoms with Gasteiger partial charge in [-0.25, -0.2) is 8.78 Å². The zero-order valence-corrected chi connectivity index (χ0v) is 18.4. The van der Waals surface area contributed by atoms with Gasteiger partial charge in [-0.05, 0) is 72.7 Å². The van der Waals surface area contributed by atoms with Gasteiger partial charge >= 0.3 is 0 Å². The smallest absolute Gasteiger partial charge is 0.142 e. The molecule has 0 saturated carbocycles. The van der Waals surface area contributed by atoms with Crippen molar-refractivity contribution in [3.63, 3.8) is 0 Å². The molecule has 4 aromatic rings. The Bertz CT molecular complexity index is 1360. The molecule has 4 aromatic carbocycles. The molecular weight excluding hydrogens is 422 g/mol. The fraction of sp³-hybridized carbons (Fsp3) is 0.103. The molecule has 0 unspecified atom stereocenters. The lowest BCUT2D eigenvalue weighted by atomic mass is 9.99. The number of aryl methyl sites for hydroxylation is 1. The molecule has 3 heteroatoms. The highest BCUT2D eigenvalue weighted by Gasteiger charge is 2.11. The number of fused-ring (bicyclic) bond motifs is 1. The second-order valence-electron chi connectivity index (χ2n) is 7.55. The summed E-state index contributed by atoms with van der Waals surface area (Å²) in [7, 11) is 0. The van der Waals surface area contributed by atoms with Crippen molar-refractivity contribution in [1.29, 1.82) is 0 Å². The van der Waals surface area contributed by atoms with Gasteiger partial charge in [0.15, 0.2) is 0 Å². The van der Waals surface area contributed by atoms with Gasteiger partial charge in [0, 0.05) is 22.1 Å². The average molecular weight is 443 g/mol. The first-order chi connectivity index (χ1) is 15.5. The summed E-state index contributed by atoms with van der Waals surface area (Å²) in [6.07, 6.45) is 6.27. The minimum atomic E-state index is -0.569. The lowest BCUT2D eigenvalue weighted by Crippen LogP contribution is -1.89. The Kier molecular flexibility index (Phi) is 6.69. The third kappa shape index (κ3) is 4.90. The zero-order chi connectivity index (χ0) is 22.5. The van der Waals surface area contributed by atoms with Crippen molar-refractivity contribution < 1.29 is 8.78 Å². The summed E-state index contributed by atoms with van der Waals surface area (Å²) in [5.41, 5.74) is 3.81. The predicted octanol–water partition coefficient (Wildman–Crippen LogP) is 8.35. The van der Waals surface area contributed by atoms with Gasteiger partial charge in [-0.3, -0.25) is 0 Å². The Morgan fingerprint density at radius 3 is 2.34 bits per heavy atom. The molecule has 158 valence electrons. The SMILES string of the molecule is C/C=C/CCc1ccc(C#Cc2ccc3c(F)c(-c4ccc(Cl)c(F)c4)ccc3c2)cc1. The van der Waals surface area contributed by atoms with Crippen molar-refractivity contribution in [3.8, 4) is 23.0 Å². The van der Waals surface area contributed by atoms with Crippen molar-refractivity contribution in [2.24, 2.45) is 0 Å². The maximum atomic E-state index is 15.1. The van der Waals surface area contributed by atoms with E-state index in [9.17, 15) is 4.39 Å². The largest absolute Gasteiger partial charge is 0.206 e. The highest BCUT2D eigenvalue weighted by atomic mass is 35.5. The summed E-state index contributed by atoms with van der Waals surface area (Å²) in [6, 6.07) is 21.4. The van der Waals surface area contributed by atoms with Gasteiger partial charge in [-0.2, -0.15) is 0 Å². The van der Waals surface area contributed by atoms with E-state index < -0.39 is 11.6 Å². The zero-order valence-electron chi connectivity index (χ0n) is 17.6. The van der Waals surface area contributed by atoms with Crippen LogP contribution in [0.5, 0.6) is 0 Å². The molecule has 0 aliphatic carbocycles. The third-order valence-corrected chi connectivity index (χ3v) is 5.63. The first-order valence-electron chi connectivity index (χ1n) is 10.4. The van der Waals surface area contributed by atoms with Gasteiger partial charge in [0.25, 0.3) is 0 Å². The van der Waals surface area contributed by atoms with Crippen LogP contribution in [0.3, 0.4) is 0 Å². The van der Waals surface area contributed by atoms with Gasteiger partial charge < -0.3 is 0 Å². The molecule has 0 atom stereocenters. The summed E-state index contributed by atoms with van der Waals surface area (Å²) < 4.78 is 28.9. The topological polar surface area (TPSA) is 0 Å². The molecule has 0 nitrogen and oxygen atoms in total. The molecule has 0 saturated heterocycles. The molecule has 0 amide bonds. The summed E-state index contributed by atoms with van der Waals surface area (Å²) in [5.74, 6) is 5.37. The molecule has 0 radical (unpaired) electrons. The fourth-order valence-electron chi connectivity index (χ4n) is 3.57. The predicted molar refractivity (Wildman–Crippen MR) is 130 cm³/mol. The van der Waals surface area contributed by atoms with E-state index in [4.69, 9.17) is 11.6 Å². The van der Waals surface area contributed by atoms with E-state index in [1.807, 2.05) is 31.2 Å². The second kappa shape index (κ2) is 9.81. The fourth-order valence-corrected chi connectivity index (χ4v) is 3.69. The number of hydrogen-bond donors (Lipinski definition) is 0. The quantitative estimate of drug-likeness (QED) is 0.220. The summed E-state index contributed by atoms with van der Waals surface area (Å²) in [5, 5.41) is 1.22. The molecule has 0 bridgehead atoms. The lowest BCUT2D eigenvalue weighted by Gasteiger charge is -2.08. The lowest BCUT2D eigenvalue weighted by molar-refractivity contribution is 0.627. The summed E-state index contributed by atoms with van der Waals surface area (Å²) in [6.45, 7) is 2.03. The van der Waals surface area contributed by atoms with Crippen LogP contribution in [0.25, 0.3) is 21.9 Å². The first kappa shape index (κ1) is 21.8. The van der Waals surface area contributed by atoms with E-state index in [1.54, 1.807) is 24.3 Å². The maximum Gasteiger partial charge on any atom is 0.142 e. The molecule has 0 fully saturated rings. The van der Waals surface area contributed by atoms with E-state index in [1.165, 1.54) is 17.7 Å². The Hall–Kier alpha value is -3.41. The maximum absolute atomic E-state index is 15.1. The Morgan fingerprint density at radius 1 is 0.844 bits per heavy atom. The molecular formula is C29H21ClF2. The standard InChI is InChI=1S/C29H21ClF2/c1-2-3-4-5-20-6-8-21(9-7-20)10-11-22-12-15-25-23(18-22)13-16-26(29(25)32)24-14-17-27(30)28(31)19-24/h2-3,6-9,12-19H,4-5H2,1H3/b3-2+. The van der Waals surface area contributed by atoms with Crippen molar-refractivity contribution in [2.75, 3.05) is 0 Å². The summed E-state index contributed by atoms with van der Waals surface area (Å²) >= 11 is 5.74. The van der Waals surface area contributed by atoms with Crippen molar-refractivity contribution in [1.82, 2.24) is 0 Å². The first-order valence-corrected chi connectivity index (χ1v) is 10.8. The molecule has 4 rings (SSSR count). The van der Waals surface area contributed by atoms with Crippen LogP contribution in [0.1, 0.15) is 30.0 Å². The van der Waals surface area contributed by atoms with Gasteiger partial charge in [-0.15, -0.1) is 0 Å². The van der Waals surface area contributed by atoms with E-state index in [2.05, 4.69) is 36.1 Å². The Labute approximate surface area is 192 Å². The van der Waals surface area contributed by atoms with E-state index in [0.29, 0.717) is 16.5 Å². The second-order valence-corrected chi connectivity index (χ2v) is 7.95. The number of allylic oxidation sites excluding steroid dienone is 2. The van der Waals surface area contributed by atoms with Crippen LogP contribution in [0.2, 0.25) is 5.02 Å². The molecule has 0 spiro atoms. The van der Waals surface area contributed by atoms with Crippen LogP contribution in [0, 0.1) is 23.5 Å². The Morgan fingerprint density at radius 2 is 1.59 bits per heavy atom. The minimum Gasteiger partial charge on any atom is -0.206 e. The van der Waals surface area contributed by atoms with Gasteiger partial charge in [0.05, 0.1) is 5.02 Å². The minimum absolute atomic E-state index is 0.0152. The average Bonchev–Trinajstić information content (AvgIpc) is 2.81. The number of benzene rings is 4. The molecule has 0 aliphatic rings. The van der Waals surface area contributed by atoms with Crippen molar-refractivity contribution >= 4 is 22.4 Å². The van der Waals surface area contributed by atoms with Crippen LogP contribution in [0.4, 0.5) is 8.78 Å². The monoisotopic (exact) mass is 442 g/mol. The number of halogens is 3. The molecule has 0 aliphatic heterocycles. The van der Waals surface area contributed by atoms with Crippen LogP contribution in [0.15, 0.2) is 84.9 Å². The third-order valence-electron chi connectivity index (χ3n) is 5.33. The van der Waals surface area contributed by atoms with Crippen LogP contribution in [-0.2, 0) is 6.42 Å². The highest BCUT2D eigenvalue weighted by molar-refractivity contribution is 6.30. The number of hydrogen-bond acceptors (Lipinski definition) is 0. The van der Waals surface area contributed by atoms with Gasteiger partial charge in [0.2, 0.25) is 0 Å². The van der Waals surface area contributed by atoms with Crippen LogP contribution in [-0.4, -0.2) is 0 Å². The van der Waals surface area contributed by atoms with Crippen LogP contribution >= 0.6 is 11.6 Å². The molecule has 0 aromatic heterocycles. The van der Waals surface area contributed by atoms with Crippen LogP contribution < -0.4 is 0 Å². The van der Waals surface area contributed by atoms with E-state index >= 15 is 4.39 Å². The molecule has 32 heavy (non-hydrogen) atoms. The van der Waals surface area contributed by atoms with E-state index in [-0.39, 0.29) is 5.02 Å². The Balaban J connectivity index is 1.58. The normalized spacial score (nSPS) is 11.0. The molecule has 0 heterocycles. The number of rotatable bonds is 4. The highest BCUT2D eigenvalue weighted by Crippen LogP contribution is 2.31. The molecule has 0 N–H and O–H groups in total.